The van der Waals surface area contributed by atoms with Gasteiger partial charge in [0.25, 0.3) is 0 Å². The summed E-state index contributed by atoms with van der Waals surface area (Å²) in [5.74, 6) is 1.37. The van der Waals surface area contributed by atoms with Crippen molar-refractivity contribution in [2.24, 2.45) is 11.7 Å². The molecule has 1 amide bonds. The van der Waals surface area contributed by atoms with Crippen LogP contribution in [0.25, 0.3) is 0 Å². The summed E-state index contributed by atoms with van der Waals surface area (Å²) in [6.45, 7) is 9.72. The number of amides is 1. The van der Waals surface area contributed by atoms with Gasteiger partial charge < -0.3 is 16.0 Å². The van der Waals surface area contributed by atoms with Crippen LogP contribution in [0.5, 0.6) is 0 Å². The predicted molar refractivity (Wildman–Crippen MR) is 77.2 cm³/mol. The maximum absolute atomic E-state index is 11.2. The highest BCUT2D eigenvalue weighted by atomic mass is 16.1. The van der Waals surface area contributed by atoms with Crippen molar-refractivity contribution in [1.82, 2.24) is 9.97 Å². The molecule has 1 aromatic heterocycles. The van der Waals surface area contributed by atoms with E-state index in [-0.39, 0.29) is 12.5 Å². The van der Waals surface area contributed by atoms with Gasteiger partial charge >= 0.3 is 0 Å². The van der Waals surface area contributed by atoms with Crippen LogP contribution >= 0.6 is 0 Å². The van der Waals surface area contributed by atoms with Crippen molar-refractivity contribution >= 4 is 17.7 Å². The number of carbonyl (C=O) groups excluding carboxylic acids is 1. The standard InChI is InChI=1S/C13H23N5O/c1-5-15-13-16-10(4)6-12(17-13)18(7-9(2)3)8-11(14)19/h6,9H,5,7-8H2,1-4H3,(H2,14,19)(H,15,16,17). The van der Waals surface area contributed by atoms with Crippen LogP contribution in [0.4, 0.5) is 11.8 Å². The molecule has 0 radical (unpaired) electrons. The first-order valence-electron chi connectivity index (χ1n) is 6.55. The van der Waals surface area contributed by atoms with E-state index in [0.29, 0.717) is 11.9 Å². The highest BCUT2D eigenvalue weighted by molar-refractivity contribution is 5.79. The van der Waals surface area contributed by atoms with Crippen LogP contribution in [0.3, 0.4) is 0 Å². The van der Waals surface area contributed by atoms with Gasteiger partial charge in [-0.2, -0.15) is 4.98 Å². The first-order chi connectivity index (χ1) is 8.92. The molecular formula is C13H23N5O. The van der Waals surface area contributed by atoms with E-state index in [4.69, 9.17) is 5.73 Å². The van der Waals surface area contributed by atoms with Gasteiger partial charge in [0.15, 0.2) is 0 Å². The summed E-state index contributed by atoms with van der Waals surface area (Å²) in [7, 11) is 0. The van der Waals surface area contributed by atoms with Crippen LogP contribution < -0.4 is 16.0 Å². The van der Waals surface area contributed by atoms with E-state index in [2.05, 4.69) is 29.1 Å². The van der Waals surface area contributed by atoms with Gasteiger partial charge in [-0.15, -0.1) is 0 Å². The van der Waals surface area contributed by atoms with E-state index < -0.39 is 0 Å². The van der Waals surface area contributed by atoms with Gasteiger partial charge in [-0.05, 0) is 19.8 Å². The first-order valence-corrected chi connectivity index (χ1v) is 6.55. The molecule has 0 unspecified atom stereocenters. The number of anilines is 2. The van der Waals surface area contributed by atoms with Gasteiger partial charge in [0.05, 0.1) is 6.54 Å². The van der Waals surface area contributed by atoms with Gasteiger partial charge in [0.2, 0.25) is 11.9 Å². The lowest BCUT2D eigenvalue weighted by atomic mass is 10.2. The van der Waals surface area contributed by atoms with E-state index in [1.807, 2.05) is 24.8 Å². The summed E-state index contributed by atoms with van der Waals surface area (Å²) >= 11 is 0. The molecule has 3 N–H and O–H groups in total. The average molecular weight is 265 g/mol. The number of carbonyl (C=O) groups is 1. The molecule has 1 rings (SSSR count). The number of nitrogens with zero attached hydrogens (tertiary/aromatic N) is 3. The molecule has 0 spiro atoms. The Morgan fingerprint density at radius 2 is 2.16 bits per heavy atom. The lowest BCUT2D eigenvalue weighted by molar-refractivity contribution is -0.116. The zero-order valence-corrected chi connectivity index (χ0v) is 12.1. The number of primary amides is 1. The number of nitrogens with two attached hydrogens (primary N) is 1. The summed E-state index contributed by atoms with van der Waals surface area (Å²) in [6, 6.07) is 1.87. The largest absolute Gasteiger partial charge is 0.368 e. The summed E-state index contributed by atoms with van der Waals surface area (Å²) in [5.41, 5.74) is 6.16. The van der Waals surface area contributed by atoms with Crippen molar-refractivity contribution in [1.29, 1.82) is 0 Å². The Bertz CT molecular complexity index is 433. The highest BCUT2D eigenvalue weighted by Gasteiger charge is 2.14. The van der Waals surface area contributed by atoms with Crippen molar-refractivity contribution in [2.45, 2.75) is 27.7 Å². The molecule has 106 valence electrons. The van der Waals surface area contributed by atoms with Crippen molar-refractivity contribution in [3.8, 4) is 0 Å². The van der Waals surface area contributed by atoms with Gasteiger partial charge in [0, 0.05) is 24.8 Å². The molecule has 0 aromatic carbocycles. The van der Waals surface area contributed by atoms with E-state index >= 15 is 0 Å². The molecule has 0 aliphatic heterocycles. The fraction of sp³-hybridized carbons (Fsp3) is 0.615. The van der Waals surface area contributed by atoms with Crippen LogP contribution in [0.2, 0.25) is 0 Å². The average Bonchev–Trinajstić information content (AvgIpc) is 2.26. The number of nitrogens with one attached hydrogen (secondary N) is 1. The van der Waals surface area contributed by atoms with Gasteiger partial charge in [-0.1, -0.05) is 13.8 Å². The molecular weight excluding hydrogens is 242 g/mol. The van der Waals surface area contributed by atoms with Crippen molar-refractivity contribution in [2.75, 3.05) is 29.9 Å². The summed E-state index contributed by atoms with van der Waals surface area (Å²) in [5, 5.41) is 3.09. The smallest absolute Gasteiger partial charge is 0.236 e. The topological polar surface area (TPSA) is 84.1 Å². The third-order valence-corrected chi connectivity index (χ3v) is 2.43. The number of hydrogen-bond donors (Lipinski definition) is 2. The minimum absolute atomic E-state index is 0.167. The Labute approximate surface area is 114 Å². The third kappa shape index (κ3) is 5.11. The van der Waals surface area contributed by atoms with Gasteiger partial charge in [0.1, 0.15) is 5.82 Å². The zero-order chi connectivity index (χ0) is 14.4. The third-order valence-electron chi connectivity index (χ3n) is 2.43. The minimum Gasteiger partial charge on any atom is -0.368 e. The molecule has 0 saturated heterocycles. The Morgan fingerprint density at radius 3 is 2.68 bits per heavy atom. The van der Waals surface area contributed by atoms with Gasteiger partial charge in [-0.25, -0.2) is 4.98 Å². The molecule has 0 bridgehead atoms. The molecule has 1 aromatic rings. The first kappa shape index (κ1) is 15.2. The Hall–Kier alpha value is -1.85. The van der Waals surface area contributed by atoms with Crippen LogP contribution in [-0.4, -0.2) is 35.5 Å². The van der Waals surface area contributed by atoms with Crippen LogP contribution in [0.15, 0.2) is 6.07 Å². The molecule has 0 aliphatic carbocycles. The molecule has 6 heteroatoms. The van der Waals surface area contributed by atoms with E-state index in [1.54, 1.807) is 0 Å². The Balaban J connectivity index is 3.02. The number of rotatable bonds is 7. The number of hydrogen-bond acceptors (Lipinski definition) is 5. The second-order valence-electron chi connectivity index (χ2n) is 4.96. The second-order valence-corrected chi connectivity index (χ2v) is 4.96. The second kappa shape index (κ2) is 6.92. The van der Waals surface area contributed by atoms with Crippen LogP contribution in [0.1, 0.15) is 26.5 Å². The molecule has 6 nitrogen and oxygen atoms in total. The van der Waals surface area contributed by atoms with Crippen molar-refractivity contribution < 1.29 is 4.79 Å². The fourth-order valence-corrected chi connectivity index (χ4v) is 1.82. The molecule has 19 heavy (non-hydrogen) atoms. The molecule has 0 aliphatic rings. The Kier molecular flexibility index (Phi) is 5.54. The normalized spacial score (nSPS) is 10.6. The van der Waals surface area contributed by atoms with Crippen molar-refractivity contribution in [3.05, 3.63) is 11.8 Å². The molecule has 1 heterocycles. The van der Waals surface area contributed by atoms with E-state index in [1.165, 1.54) is 0 Å². The van der Waals surface area contributed by atoms with Crippen LogP contribution in [-0.2, 0) is 4.79 Å². The monoisotopic (exact) mass is 265 g/mol. The minimum atomic E-state index is -0.359. The molecule has 0 atom stereocenters. The molecule has 0 saturated carbocycles. The lowest BCUT2D eigenvalue weighted by Crippen LogP contribution is -2.37. The van der Waals surface area contributed by atoms with Gasteiger partial charge in [-0.3, -0.25) is 4.79 Å². The summed E-state index contributed by atoms with van der Waals surface area (Å²) in [6.07, 6.45) is 0. The number of aryl methyl sites for hydroxylation is 1. The SMILES string of the molecule is CCNc1nc(C)cc(N(CC(N)=O)CC(C)C)n1. The summed E-state index contributed by atoms with van der Waals surface area (Å²) in [4.78, 5) is 21.8. The zero-order valence-electron chi connectivity index (χ0n) is 12.1. The maximum Gasteiger partial charge on any atom is 0.236 e. The highest BCUT2D eigenvalue weighted by Crippen LogP contribution is 2.16. The quantitative estimate of drug-likeness (QED) is 0.773. The number of aromatic nitrogens is 2. The van der Waals surface area contributed by atoms with E-state index in [0.717, 1.165) is 24.6 Å². The lowest BCUT2D eigenvalue weighted by Gasteiger charge is -2.24. The summed E-state index contributed by atoms with van der Waals surface area (Å²) < 4.78 is 0. The van der Waals surface area contributed by atoms with Crippen molar-refractivity contribution in [3.63, 3.8) is 0 Å². The van der Waals surface area contributed by atoms with E-state index in [9.17, 15) is 4.79 Å². The Morgan fingerprint density at radius 1 is 1.47 bits per heavy atom. The molecule has 0 fully saturated rings. The predicted octanol–water partition coefficient (Wildman–Crippen LogP) is 1.16. The van der Waals surface area contributed by atoms with Crippen LogP contribution in [0, 0.1) is 12.8 Å². The maximum atomic E-state index is 11.2. The fourth-order valence-electron chi connectivity index (χ4n) is 1.82.